The average Bonchev–Trinajstić information content (AvgIpc) is 3.25. The van der Waals surface area contributed by atoms with E-state index in [2.05, 4.69) is 10.2 Å². The molecule has 0 amide bonds. The van der Waals surface area contributed by atoms with Gasteiger partial charge < -0.3 is 9.84 Å². The first kappa shape index (κ1) is 13.1. The van der Waals surface area contributed by atoms with Crippen LogP contribution >= 0.6 is 0 Å². The molecule has 1 aromatic carbocycles. The van der Waals surface area contributed by atoms with Gasteiger partial charge in [-0.2, -0.15) is 10.2 Å². The summed E-state index contributed by atoms with van der Waals surface area (Å²) in [5.41, 5.74) is 3.16. The second kappa shape index (κ2) is 5.21. The summed E-state index contributed by atoms with van der Waals surface area (Å²) >= 11 is 0. The van der Waals surface area contributed by atoms with Crippen LogP contribution in [0.2, 0.25) is 0 Å². The molecule has 1 atom stereocenters. The van der Waals surface area contributed by atoms with Gasteiger partial charge in [0.15, 0.2) is 0 Å². The van der Waals surface area contributed by atoms with E-state index in [0.717, 1.165) is 41.1 Å². The molecule has 1 heterocycles. The van der Waals surface area contributed by atoms with E-state index in [1.165, 1.54) is 0 Å². The maximum Gasteiger partial charge on any atom is 0.120 e. The molecule has 3 rings (SSSR count). The molecule has 4 heteroatoms. The predicted octanol–water partition coefficient (Wildman–Crippen LogP) is 2.72. The summed E-state index contributed by atoms with van der Waals surface area (Å²) in [6.45, 7) is 3.73. The zero-order chi connectivity index (χ0) is 14.1. The number of aromatic nitrogens is 2. The number of hydrogen-bond donors (Lipinski definition) is 1. The van der Waals surface area contributed by atoms with Crippen LogP contribution in [0.4, 0.5) is 0 Å². The molecule has 1 aromatic heterocycles. The zero-order valence-corrected chi connectivity index (χ0v) is 11.7. The number of hydrogen-bond acceptors (Lipinski definition) is 4. The Morgan fingerprint density at radius 2 is 2.00 bits per heavy atom. The Hall–Kier alpha value is -1.94. The van der Waals surface area contributed by atoms with Crippen molar-refractivity contribution < 1.29 is 9.84 Å². The molecule has 4 nitrogen and oxygen atoms in total. The molecule has 0 radical (unpaired) electrons. The van der Waals surface area contributed by atoms with Crippen LogP contribution in [0.1, 0.15) is 41.5 Å². The smallest absolute Gasteiger partial charge is 0.120 e. The van der Waals surface area contributed by atoms with Gasteiger partial charge in [-0.15, -0.1) is 0 Å². The monoisotopic (exact) mass is 270 g/mol. The van der Waals surface area contributed by atoms with Crippen LogP contribution in [-0.4, -0.2) is 21.4 Å². The van der Waals surface area contributed by atoms with Crippen molar-refractivity contribution in [3.63, 3.8) is 0 Å². The molecule has 1 unspecified atom stereocenters. The number of aliphatic hydroxyl groups excluding tert-OH is 1. The molecule has 0 spiro atoms. The molecule has 1 N–H and O–H groups in total. The lowest BCUT2D eigenvalue weighted by Crippen LogP contribution is -2.06. The van der Waals surface area contributed by atoms with E-state index in [1.54, 1.807) is 0 Å². The molecular formula is C16H18N2O2. The summed E-state index contributed by atoms with van der Waals surface area (Å²) < 4.78 is 5.77. The second-order valence-corrected chi connectivity index (χ2v) is 5.32. The van der Waals surface area contributed by atoms with Gasteiger partial charge in [0.2, 0.25) is 0 Å². The molecule has 1 aliphatic rings. The number of nitrogens with zero attached hydrogens (tertiary/aromatic N) is 2. The lowest BCUT2D eigenvalue weighted by Gasteiger charge is -2.15. The minimum atomic E-state index is -0.702. The van der Waals surface area contributed by atoms with Crippen molar-refractivity contribution in [3.05, 3.63) is 52.8 Å². The highest BCUT2D eigenvalue weighted by atomic mass is 16.5. The molecule has 104 valence electrons. The summed E-state index contributed by atoms with van der Waals surface area (Å²) in [4.78, 5) is 0. The van der Waals surface area contributed by atoms with Gasteiger partial charge in [-0.25, -0.2) is 0 Å². The molecule has 0 saturated heterocycles. The quantitative estimate of drug-likeness (QED) is 0.928. The number of aliphatic hydroxyl groups is 1. The number of ether oxygens (including phenoxy) is 1. The maximum atomic E-state index is 10.5. The molecule has 2 aromatic rings. The Kier molecular flexibility index (Phi) is 3.40. The molecular weight excluding hydrogens is 252 g/mol. The molecule has 1 saturated carbocycles. The van der Waals surface area contributed by atoms with E-state index in [1.807, 2.05) is 44.2 Å². The summed E-state index contributed by atoms with van der Waals surface area (Å²) in [6, 6.07) is 9.52. The minimum absolute atomic E-state index is 0.356. The standard InChI is InChI=1S/C16H18N2O2/c1-10-8-15(11(2)18-17-10)16(19)12-4-3-5-14(9-12)20-13-6-7-13/h3-5,8-9,13,16,19H,6-7H2,1-2H3. The van der Waals surface area contributed by atoms with Gasteiger partial charge >= 0.3 is 0 Å². The third-order valence-electron chi connectivity index (χ3n) is 3.44. The van der Waals surface area contributed by atoms with Crippen LogP contribution in [0.15, 0.2) is 30.3 Å². The molecule has 0 bridgehead atoms. The fraction of sp³-hybridized carbons (Fsp3) is 0.375. The van der Waals surface area contributed by atoms with Crippen LogP contribution in [0, 0.1) is 13.8 Å². The fourth-order valence-electron chi connectivity index (χ4n) is 2.16. The van der Waals surface area contributed by atoms with Gasteiger partial charge in [0.25, 0.3) is 0 Å². The van der Waals surface area contributed by atoms with Gasteiger partial charge in [-0.05, 0) is 50.5 Å². The van der Waals surface area contributed by atoms with Crippen molar-refractivity contribution in [1.82, 2.24) is 10.2 Å². The third-order valence-corrected chi connectivity index (χ3v) is 3.44. The Morgan fingerprint density at radius 1 is 1.20 bits per heavy atom. The maximum absolute atomic E-state index is 10.5. The van der Waals surface area contributed by atoms with Crippen LogP contribution in [-0.2, 0) is 0 Å². The summed E-state index contributed by atoms with van der Waals surface area (Å²) in [5, 5.41) is 18.6. The van der Waals surface area contributed by atoms with E-state index in [-0.39, 0.29) is 0 Å². The normalized spacial score (nSPS) is 15.9. The Balaban J connectivity index is 1.88. The number of aryl methyl sites for hydroxylation is 2. The minimum Gasteiger partial charge on any atom is -0.490 e. The van der Waals surface area contributed by atoms with E-state index in [0.29, 0.717) is 6.10 Å². The van der Waals surface area contributed by atoms with Crippen LogP contribution in [0.3, 0.4) is 0 Å². The lowest BCUT2D eigenvalue weighted by atomic mass is 10.0. The van der Waals surface area contributed by atoms with Crippen LogP contribution in [0.25, 0.3) is 0 Å². The van der Waals surface area contributed by atoms with Crippen molar-refractivity contribution in [1.29, 1.82) is 0 Å². The highest BCUT2D eigenvalue weighted by Crippen LogP contribution is 2.30. The van der Waals surface area contributed by atoms with Crippen molar-refractivity contribution in [2.45, 2.75) is 38.9 Å². The summed E-state index contributed by atoms with van der Waals surface area (Å²) in [5.74, 6) is 0.820. The van der Waals surface area contributed by atoms with Gasteiger partial charge in [0, 0.05) is 5.56 Å². The first-order chi connectivity index (χ1) is 9.63. The average molecular weight is 270 g/mol. The highest BCUT2D eigenvalue weighted by molar-refractivity contribution is 5.37. The fourth-order valence-corrected chi connectivity index (χ4v) is 2.16. The molecule has 0 aliphatic heterocycles. The zero-order valence-electron chi connectivity index (χ0n) is 11.7. The van der Waals surface area contributed by atoms with E-state index in [9.17, 15) is 5.11 Å². The number of benzene rings is 1. The molecule has 1 aliphatic carbocycles. The molecule has 1 fully saturated rings. The summed E-state index contributed by atoms with van der Waals surface area (Å²) in [6.07, 6.45) is 1.90. The first-order valence-corrected chi connectivity index (χ1v) is 6.89. The number of rotatable bonds is 4. The van der Waals surface area contributed by atoms with Gasteiger partial charge in [-0.3, -0.25) is 0 Å². The van der Waals surface area contributed by atoms with Crippen molar-refractivity contribution in [2.24, 2.45) is 0 Å². The Labute approximate surface area is 118 Å². The van der Waals surface area contributed by atoms with Crippen molar-refractivity contribution in [2.75, 3.05) is 0 Å². The van der Waals surface area contributed by atoms with Crippen LogP contribution in [0.5, 0.6) is 5.75 Å². The van der Waals surface area contributed by atoms with Gasteiger partial charge in [0.05, 0.1) is 17.5 Å². The predicted molar refractivity (Wildman–Crippen MR) is 75.7 cm³/mol. The highest BCUT2D eigenvalue weighted by Gasteiger charge is 2.24. The Bertz CT molecular complexity index is 624. The molecule has 20 heavy (non-hydrogen) atoms. The lowest BCUT2D eigenvalue weighted by molar-refractivity contribution is 0.217. The SMILES string of the molecule is Cc1cc(C(O)c2cccc(OC3CC3)c2)c(C)nn1. The van der Waals surface area contributed by atoms with Gasteiger partial charge in [-0.1, -0.05) is 12.1 Å². The van der Waals surface area contributed by atoms with Gasteiger partial charge in [0.1, 0.15) is 11.9 Å². The first-order valence-electron chi connectivity index (χ1n) is 6.89. The largest absolute Gasteiger partial charge is 0.490 e. The van der Waals surface area contributed by atoms with Crippen LogP contribution < -0.4 is 4.74 Å². The van der Waals surface area contributed by atoms with Crippen molar-refractivity contribution >= 4 is 0 Å². The van der Waals surface area contributed by atoms with E-state index in [4.69, 9.17) is 4.74 Å². The third kappa shape index (κ3) is 2.80. The summed E-state index contributed by atoms with van der Waals surface area (Å²) in [7, 11) is 0. The topological polar surface area (TPSA) is 55.2 Å². The second-order valence-electron chi connectivity index (χ2n) is 5.32. The Morgan fingerprint density at radius 3 is 2.75 bits per heavy atom. The van der Waals surface area contributed by atoms with Crippen molar-refractivity contribution in [3.8, 4) is 5.75 Å². The van der Waals surface area contributed by atoms with E-state index >= 15 is 0 Å². The van der Waals surface area contributed by atoms with E-state index < -0.39 is 6.10 Å².